The fourth-order valence-electron chi connectivity index (χ4n) is 2.36. The summed E-state index contributed by atoms with van der Waals surface area (Å²) in [4.78, 5) is 23.8. The summed E-state index contributed by atoms with van der Waals surface area (Å²) in [5.74, 6) is -0.902. The Hall–Kier alpha value is -2.93. The number of ether oxygens (including phenoxy) is 3. The summed E-state index contributed by atoms with van der Waals surface area (Å²) in [6.45, 7) is 3.43. The molecule has 27 heavy (non-hydrogen) atoms. The molecule has 7 nitrogen and oxygen atoms in total. The molecule has 0 radical (unpaired) electrons. The van der Waals surface area contributed by atoms with E-state index in [0.717, 1.165) is 5.56 Å². The number of rotatable bonds is 7. The maximum Gasteiger partial charge on any atom is 0.335 e. The van der Waals surface area contributed by atoms with Crippen LogP contribution in [0.5, 0.6) is 17.2 Å². The fourth-order valence-corrected chi connectivity index (χ4v) is 2.52. The lowest BCUT2D eigenvalue weighted by Crippen LogP contribution is -2.30. The van der Waals surface area contributed by atoms with Crippen LogP contribution in [0.2, 0.25) is 5.02 Å². The molecule has 2 aromatic carbocycles. The summed E-state index contributed by atoms with van der Waals surface area (Å²) in [5.41, 5.74) is 1.03. The SMILES string of the molecule is COc1cc(C(=O)O)cc(NC(=O)C(C)Oc2cc(C)ccc2Cl)c1OC. The van der Waals surface area contributed by atoms with Gasteiger partial charge in [-0.1, -0.05) is 17.7 Å². The summed E-state index contributed by atoms with van der Waals surface area (Å²) in [6, 6.07) is 7.83. The lowest BCUT2D eigenvalue weighted by molar-refractivity contribution is -0.122. The highest BCUT2D eigenvalue weighted by atomic mass is 35.5. The van der Waals surface area contributed by atoms with Crippen molar-refractivity contribution in [2.45, 2.75) is 20.0 Å². The quantitative estimate of drug-likeness (QED) is 0.743. The monoisotopic (exact) mass is 393 g/mol. The van der Waals surface area contributed by atoms with Crippen LogP contribution in [0.3, 0.4) is 0 Å². The lowest BCUT2D eigenvalue weighted by atomic mass is 10.1. The van der Waals surface area contributed by atoms with Crippen LogP contribution in [0.15, 0.2) is 30.3 Å². The van der Waals surface area contributed by atoms with Gasteiger partial charge in [0.05, 0.1) is 30.5 Å². The molecule has 0 aliphatic rings. The molecule has 0 saturated carbocycles. The van der Waals surface area contributed by atoms with Gasteiger partial charge in [-0.3, -0.25) is 4.79 Å². The molecule has 0 spiro atoms. The van der Waals surface area contributed by atoms with Crippen LogP contribution in [-0.2, 0) is 4.79 Å². The van der Waals surface area contributed by atoms with Crippen molar-refractivity contribution in [3.8, 4) is 17.2 Å². The van der Waals surface area contributed by atoms with Crippen LogP contribution >= 0.6 is 11.6 Å². The van der Waals surface area contributed by atoms with Gasteiger partial charge in [-0.25, -0.2) is 4.79 Å². The Labute approximate surface area is 161 Å². The average Bonchev–Trinajstić information content (AvgIpc) is 2.63. The first kappa shape index (κ1) is 20.4. The van der Waals surface area contributed by atoms with Gasteiger partial charge in [-0.15, -0.1) is 0 Å². The lowest BCUT2D eigenvalue weighted by Gasteiger charge is -2.18. The summed E-state index contributed by atoms with van der Waals surface area (Å²) in [7, 11) is 2.76. The van der Waals surface area contributed by atoms with Crippen LogP contribution in [0, 0.1) is 6.92 Å². The number of aromatic carboxylic acids is 1. The zero-order chi connectivity index (χ0) is 20.1. The molecule has 0 saturated heterocycles. The van der Waals surface area contributed by atoms with Crippen molar-refractivity contribution in [3.63, 3.8) is 0 Å². The highest BCUT2D eigenvalue weighted by Gasteiger charge is 2.21. The Bertz CT molecular complexity index is 868. The molecular formula is C19H20ClNO6. The third-order valence-corrected chi connectivity index (χ3v) is 4.06. The number of anilines is 1. The molecule has 1 atom stereocenters. The summed E-state index contributed by atoms with van der Waals surface area (Å²) < 4.78 is 16.0. The van der Waals surface area contributed by atoms with Gasteiger partial charge in [0.15, 0.2) is 17.6 Å². The molecule has 144 valence electrons. The Kier molecular flexibility index (Phi) is 6.52. The molecule has 0 aliphatic carbocycles. The van der Waals surface area contributed by atoms with Crippen molar-refractivity contribution in [2.24, 2.45) is 0 Å². The predicted molar refractivity (Wildman–Crippen MR) is 101 cm³/mol. The highest BCUT2D eigenvalue weighted by Crippen LogP contribution is 2.37. The molecule has 0 fully saturated rings. The van der Waals surface area contributed by atoms with Crippen LogP contribution in [0.1, 0.15) is 22.8 Å². The van der Waals surface area contributed by atoms with Gasteiger partial charge in [0.25, 0.3) is 5.91 Å². The first-order valence-corrected chi connectivity index (χ1v) is 8.37. The number of carbonyl (C=O) groups is 2. The van der Waals surface area contributed by atoms with E-state index in [1.54, 1.807) is 19.1 Å². The summed E-state index contributed by atoms with van der Waals surface area (Å²) in [6.07, 6.45) is -0.895. The number of nitrogens with one attached hydrogen (secondary N) is 1. The zero-order valence-electron chi connectivity index (χ0n) is 15.3. The molecule has 0 heterocycles. The van der Waals surface area contributed by atoms with Crippen molar-refractivity contribution < 1.29 is 28.9 Å². The largest absolute Gasteiger partial charge is 0.493 e. The summed E-state index contributed by atoms with van der Waals surface area (Å²) >= 11 is 6.09. The van der Waals surface area contributed by atoms with Crippen LogP contribution in [0.25, 0.3) is 0 Å². The molecular weight excluding hydrogens is 374 g/mol. The number of carbonyl (C=O) groups excluding carboxylic acids is 1. The Balaban J connectivity index is 2.27. The van der Waals surface area contributed by atoms with Crippen molar-refractivity contribution in [2.75, 3.05) is 19.5 Å². The van der Waals surface area contributed by atoms with E-state index in [4.69, 9.17) is 25.8 Å². The van der Waals surface area contributed by atoms with E-state index >= 15 is 0 Å². The standard InChI is InChI=1S/C19H20ClNO6/c1-10-5-6-13(20)15(7-10)27-11(2)18(22)21-14-8-12(19(23)24)9-16(25-3)17(14)26-4/h5-9,11H,1-4H3,(H,21,22)(H,23,24). The molecule has 0 aliphatic heterocycles. The minimum Gasteiger partial charge on any atom is -0.493 e. The third kappa shape index (κ3) is 4.83. The van der Waals surface area contributed by atoms with E-state index in [9.17, 15) is 14.7 Å². The van der Waals surface area contributed by atoms with Crippen LogP contribution < -0.4 is 19.5 Å². The molecule has 1 amide bonds. The van der Waals surface area contributed by atoms with Gasteiger partial charge in [-0.05, 0) is 43.7 Å². The van der Waals surface area contributed by atoms with Gasteiger partial charge < -0.3 is 24.6 Å². The molecule has 8 heteroatoms. The smallest absolute Gasteiger partial charge is 0.335 e. The van der Waals surface area contributed by atoms with Gasteiger partial charge in [-0.2, -0.15) is 0 Å². The maximum atomic E-state index is 12.5. The Morgan fingerprint density at radius 1 is 1.11 bits per heavy atom. The number of carboxylic acid groups (broad SMARTS) is 1. The molecule has 0 bridgehead atoms. The van der Waals surface area contributed by atoms with Gasteiger partial charge in [0, 0.05) is 0 Å². The van der Waals surface area contributed by atoms with Crippen molar-refractivity contribution >= 4 is 29.2 Å². The van der Waals surface area contributed by atoms with E-state index in [1.807, 2.05) is 13.0 Å². The second kappa shape index (κ2) is 8.64. The van der Waals surface area contributed by atoms with Crippen molar-refractivity contribution in [1.82, 2.24) is 0 Å². The normalized spacial score (nSPS) is 11.4. The minimum atomic E-state index is -1.16. The first-order chi connectivity index (χ1) is 12.8. The number of carboxylic acids is 1. The topological polar surface area (TPSA) is 94.1 Å². The second-order valence-corrected chi connectivity index (χ2v) is 6.15. The van der Waals surface area contributed by atoms with E-state index in [1.165, 1.54) is 26.4 Å². The molecule has 0 aromatic heterocycles. The number of methoxy groups -OCH3 is 2. The highest BCUT2D eigenvalue weighted by molar-refractivity contribution is 6.32. The van der Waals surface area contributed by atoms with E-state index < -0.39 is 18.0 Å². The van der Waals surface area contributed by atoms with E-state index in [0.29, 0.717) is 10.8 Å². The first-order valence-electron chi connectivity index (χ1n) is 7.99. The maximum absolute atomic E-state index is 12.5. The van der Waals surface area contributed by atoms with Crippen molar-refractivity contribution in [1.29, 1.82) is 0 Å². The molecule has 2 aromatic rings. The number of halogens is 1. The molecule has 2 N–H and O–H groups in total. The van der Waals surface area contributed by atoms with Gasteiger partial charge >= 0.3 is 5.97 Å². The Morgan fingerprint density at radius 2 is 1.81 bits per heavy atom. The van der Waals surface area contributed by atoms with Gasteiger partial charge in [0.2, 0.25) is 0 Å². The summed E-state index contributed by atoms with van der Waals surface area (Å²) in [5, 5.41) is 12.2. The Morgan fingerprint density at radius 3 is 2.41 bits per heavy atom. The van der Waals surface area contributed by atoms with Crippen LogP contribution in [0.4, 0.5) is 5.69 Å². The van der Waals surface area contributed by atoms with E-state index in [2.05, 4.69) is 5.32 Å². The van der Waals surface area contributed by atoms with Gasteiger partial charge in [0.1, 0.15) is 5.75 Å². The van der Waals surface area contributed by atoms with Crippen LogP contribution in [-0.4, -0.2) is 37.3 Å². The fraction of sp³-hybridized carbons (Fsp3) is 0.263. The number of amides is 1. The number of benzene rings is 2. The zero-order valence-corrected chi connectivity index (χ0v) is 16.1. The third-order valence-electron chi connectivity index (χ3n) is 3.74. The number of hydrogen-bond donors (Lipinski definition) is 2. The predicted octanol–water partition coefficient (Wildman–Crippen LogP) is 3.77. The average molecular weight is 394 g/mol. The van der Waals surface area contributed by atoms with E-state index in [-0.39, 0.29) is 22.7 Å². The molecule has 2 rings (SSSR count). The number of hydrogen-bond acceptors (Lipinski definition) is 5. The molecule has 1 unspecified atom stereocenters. The second-order valence-electron chi connectivity index (χ2n) is 5.75. The van der Waals surface area contributed by atoms with Crippen molar-refractivity contribution in [3.05, 3.63) is 46.5 Å². The minimum absolute atomic E-state index is 0.0572. The number of aryl methyl sites for hydroxylation is 1.